The van der Waals surface area contributed by atoms with Gasteiger partial charge in [0.2, 0.25) is 0 Å². The van der Waals surface area contributed by atoms with Crippen molar-refractivity contribution in [3.63, 3.8) is 0 Å². The molecular weight excluding hydrogens is 882 g/mol. The maximum atomic E-state index is 7.29. The number of allylic oxidation sites excluding steroid dienone is 11. The van der Waals surface area contributed by atoms with Gasteiger partial charge in [0.25, 0.3) is 0 Å². The normalized spacial score (nSPS) is 19.8. The smallest absolute Gasteiger partial charge is 0.177 e. The van der Waals surface area contributed by atoms with Crippen LogP contribution in [0, 0.1) is 5.92 Å². The molecule has 3 unspecified atom stereocenters. The molecule has 1 spiro atoms. The van der Waals surface area contributed by atoms with Crippen LogP contribution in [0.25, 0.3) is 33.4 Å². The number of para-hydroxylation sites is 2. The molecule has 0 saturated carbocycles. The summed E-state index contributed by atoms with van der Waals surface area (Å²) in [5.74, 6) is 3.34. The third-order valence-corrected chi connectivity index (χ3v) is 13.8. The lowest BCUT2D eigenvalue weighted by molar-refractivity contribution is 0.356. The Bertz CT molecular complexity index is 3140. The van der Waals surface area contributed by atoms with Gasteiger partial charge < -0.3 is 14.4 Å². The highest BCUT2D eigenvalue weighted by atomic mass is 127. The number of hydrogen-bond donors (Lipinski definition) is 0. The van der Waals surface area contributed by atoms with Crippen molar-refractivity contribution >= 4 is 45.1 Å². The molecule has 0 amide bonds. The van der Waals surface area contributed by atoms with Gasteiger partial charge in [0.05, 0.1) is 0 Å². The molecule has 4 heteroatoms. The van der Waals surface area contributed by atoms with Gasteiger partial charge in [0, 0.05) is 51.0 Å². The van der Waals surface area contributed by atoms with Crippen molar-refractivity contribution in [2.75, 3.05) is 4.90 Å². The zero-order chi connectivity index (χ0) is 41.9. The molecule has 0 saturated heterocycles. The summed E-state index contributed by atoms with van der Waals surface area (Å²) in [5, 5.41) is 0. The second-order valence-electron chi connectivity index (χ2n) is 16.8. The van der Waals surface area contributed by atoms with Crippen molar-refractivity contribution in [1.82, 2.24) is 0 Å². The van der Waals surface area contributed by atoms with E-state index in [0.29, 0.717) is 0 Å². The molecule has 302 valence electrons. The van der Waals surface area contributed by atoms with Crippen LogP contribution in [0.5, 0.6) is 23.0 Å². The van der Waals surface area contributed by atoms with Crippen molar-refractivity contribution in [2.24, 2.45) is 5.92 Å². The van der Waals surface area contributed by atoms with Crippen molar-refractivity contribution in [1.29, 1.82) is 0 Å². The monoisotopic (exact) mass is 923 g/mol. The van der Waals surface area contributed by atoms with E-state index in [2.05, 4.69) is 238 Å². The molecule has 0 radical (unpaired) electrons. The van der Waals surface area contributed by atoms with Crippen molar-refractivity contribution in [3.05, 3.63) is 250 Å². The largest absolute Gasteiger partial charge is 0.449 e. The summed E-state index contributed by atoms with van der Waals surface area (Å²) in [6, 6.07) is 58.8. The molecule has 3 atom stereocenters. The topological polar surface area (TPSA) is 21.7 Å². The Morgan fingerprint density at radius 2 is 1.29 bits per heavy atom. The Hall–Kier alpha value is -6.89. The van der Waals surface area contributed by atoms with Gasteiger partial charge >= 0.3 is 0 Å². The lowest BCUT2D eigenvalue weighted by Crippen LogP contribution is -2.30. The van der Waals surface area contributed by atoms with Crippen molar-refractivity contribution in [3.8, 4) is 45.3 Å². The van der Waals surface area contributed by atoms with Crippen LogP contribution in [-0.2, 0) is 5.41 Å². The molecule has 4 aliphatic carbocycles. The van der Waals surface area contributed by atoms with Crippen LogP contribution in [0.15, 0.2) is 222 Å². The fourth-order valence-corrected chi connectivity index (χ4v) is 11.2. The van der Waals surface area contributed by atoms with Gasteiger partial charge in [-0.05, 0) is 104 Å². The van der Waals surface area contributed by atoms with E-state index in [1.165, 1.54) is 55.8 Å². The first kappa shape index (κ1) is 37.8. The highest BCUT2D eigenvalue weighted by molar-refractivity contribution is 14.1. The summed E-state index contributed by atoms with van der Waals surface area (Å²) in [5.41, 5.74) is 16.4. The average Bonchev–Trinajstić information content (AvgIpc) is 3.83. The number of rotatable bonds is 7. The number of fused-ring (bicyclic) bond motifs is 10. The highest BCUT2D eigenvalue weighted by Crippen LogP contribution is 2.66. The standard InChI is InChI=1S/C59H42INO2/c60-36-35-43-38-59(50-25-10-7-21-46(43)50)51-26-11-8-23-49(51)56-52(59)33-34-55-58(56)63-57-48(24-14-28-54(57)62-55)42-17-13-20-45(37-42)61(44-18-5-2-6-19-44)53-27-12-9-22-47(53)41-31-29-40(30-32-41)39-15-3-1-4-16-39/h1-11,13-26,28-38,49,51H,12,27H2/b36-35-. The third kappa shape index (κ3) is 6.14. The minimum absolute atomic E-state index is 0.119. The van der Waals surface area contributed by atoms with E-state index in [1.807, 2.05) is 6.07 Å². The van der Waals surface area contributed by atoms with Crippen LogP contribution in [0.4, 0.5) is 11.4 Å². The van der Waals surface area contributed by atoms with Crippen molar-refractivity contribution in [2.45, 2.75) is 24.2 Å². The molecule has 7 aromatic carbocycles. The number of ether oxygens (including phenoxy) is 2. The number of anilines is 2. The van der Waals surface area contributed by atoms with E-state index in [9.17, 15) is 0 Å². The van der Waals surface area contributed by atoms with Crippen LogP contribution in [0.3, 0.4) is 0 Å². The molecule has 3 nitrogen and oxygen atoms in total. The van der Waals surface area contributed by atoms with E-state index < -0.39 is 0 Å². The van der Waals surface area contributed by atoms with Gasteiger partial charge in [-0.15, -0.1) is 0 Å². The molecule has 0 bridgehead atoms. The fourth-order valence-electron chi connectivity index (χ4n) is 10.8. The maximum Gasteiger partial charge on any atom is 0.177 e. The quantitative estimate of drug-likeness (QED) is 0.149. The van der Waals surface area contributed by atoms with Gasteiger partial charge in [0.15, 0.2) is 23.0 Å². The Kier molecular flexibility index (Phi) is 9.29. The summed E-state index contributed by atoms with van der Waals surface area (Å²) in [4.78, 5) is 2.44. The van der Waals surface area contributed by atoms with Crippen LogP contribution in [0.1, 0.15) is 46.6 Å². The lowest BCUT2D eigenvalue weighted by atomic mass is 9.68. The maximum absolute atomic E-state index is 7.29. The molecule has 0 fully saturated rings. The summed E-state index contributed by atoms with van der Waals surface area (Å²) in [6.07, 6.45) is 20.4. The average molecular weight is 924 g/mol. The van der Waals surface area contributed by atoms with Gasteiger partial charge in [-0.1, -0.05) is 193 Å². The third-order valence-electron chi connectivity index (χ3n) is 13.5. The van der Waals surface area contributed by atoms with E-state index in [1.54, 1.807) is 0 Å². The van der Waals surface area contributed by atoms with E-state index in [4.69, 9.17) is 9.47 Å². The van der Waals surface area contributed by atoms with Crippen LogP contribution < -0.4 is 14.4 Å². The molecule has 0 N–H and O–H groups in total. The zero-order valence-electron chi connectivity index (χ0n) is 34.5. The minimum atomic E-state index is -0.331. The molecule has 0 aromatic heterocycles. The Morgan fingerprint density at radius 1 is 0.587 bits per heavy atom. The van der Waals surface area contributed by atoms with E-state index >= 15 is 0 Å². The number of halogens is 1. The van der Waals surface area contributed by atoms with Crippen LogP contribution >= 0.6 is 22.6 Å². The predicted molar refractivity (Wildman–Crippen MR) is 267 cm³/mol. The van der Waals surface area contributed by atoms with Gasteiger partial charge in [-0.2, -0.15) is 0 Å². The Labute approximate surface area is 382 Å². The molecular formula is C59H42INO2. The minimum Gasteiger partial charge on any atom is -0.449 e. The first-order valence-electron chi connectivity index (χ1n) is 21.8. The van der Waals surface area contributed by atoms with Gasteiger partial charge in [-0.25, -0.2) is 0 Å². The summed E-state index contributed by atoms with van der Waals surface area (Å²) >= 11 is 2.34. The molecule has 1 heterocycles. The first-order chi connectivity index (χ1) is 31.2. The molecule has 5 aliphatic rings. The van der Waals surface area contributed by atoms with Gasteiger partial charge in [0.1, 0.15) is 0 Å². The fraction of sp³-hybridized carbons (Fsp3) is 0.0847. The van der Waals surface area contributed by atoms with Crippen molar-refractivity contribution < 1.29 is 9.47 Å². The Balaban J connectivity index is 0.963. The summed E-state index contributed by atoms with van der Waals surface area (Å²) < 4.78 is 16.3. The predicted octanol–water partition coefficient (Wildman–Crippen LogP) is 16.3. The zero-order valence-corrected chi connectivity index (χ0v) is 36.7. The highest BCUT2D eigenvalue weighted by Gasteiger charge is 2.55. The summed E-state index contributed by atoms with van der Waals surface area (Å²) in [7, 11) is 0. The number of benzene rings is 7. The van der Waals surface area contributed by atoms with E-state index in [0.717, 1.165) is 58.3 Å². The van der Waals surface area contributed by atoms with Crippen LogP contribution in [-0.4, -0.2) is 0 Å². The molecule has 12 rings (SSSR count). The van der Waals surface area contributed by atoms with Crippen LogP contribution in [0.2, 0.25) is 0 Å². The summed E-state index contributed by atoms with van der Waals surface area (Å²) in [6.45, 7) is 0. The molecule has 63 heavy (non-hydrogen) atoms. The SMILES string of the molecule is I/C=C\C1=CC2(c3ccccc31)c1ccc3c(c1C1C=CC=CC12)Oc1c(cccc1-c1cccc(N(C2=C(c4ccc(-c5ccccc5)cc4)C=CCC2)c2ccccc2)c1)O3. The Morgan fingerprint density at radius 3 is 2.14 bits per heavy atom. The second kappa shape index (κ2) is 15.5. The molecule has 7 aromatic rings. The number of hydrogen-bond acceptors (Lipinski definition) is 3. The molecule has 1 aliphatic heterocycles. The number of nitrogens with zero attached hydrogens (tertiary/aromatic N) is 1. The first-order valence-corrected chi connectivity index (χ1v) is 23.1. The van der Waals surface area contributed by atoms with Gasteiger partial charge in [-0.3, -0.25) is 0 Å². The second-order valence-corrected chi connectivity index (χ2v) is 17.5. The lowest BCUT2D eigenvalue weighted by Gasteiger charge is -2.33. The van der Waals surface area contributed by atoms with E-state index in [-0.39, 0.29) is 17.3 Å².